The maximum Gasteiger partial charge on any atom is 0.338 e. The van der Waals surface area contributed by atoms with E-state index in [9.17, 15) is 18.0 Å². The standard InChI is InChI=1S/C23H22N2O5S/c1-3-30-23(27)18-8-7-9-19(14-18)24-22(26)17-13-12-16(2)21(15-17)25-31(28,29)20-10-5-4-6-11-20/h4-15,25H,3H2,1-2H3,(H,24,26). The third kappa shape index (κ3) is 5.49. The van der Waals surface area contributed by atoms with Crippen LogP contribution in [0.3, 0.4) is 0 Å². The summed E-state index contributed by atoms with van der Waals surface area (Å²) in [5.41, 5.74) is 1.97. The highest BCUT2D eigenvalue weighted by Crippen LogP contribution is 2.22. The van der Waals surface area contributed by atoms with Gasteiger partial charge >= 0.3 is 5.97 Å². The second-order valence-electron chi connectivity index (χ2n) is 6.70. The smallest absolute Gasteiger partial charge is 0.338 e. The molecule has 7 nitrogen and oxygen atoms in total. The van der Waals surface area contributed by atoms with Gasteiger partial charge in [-0.05, 0) is 61.9 Å². The van der Waals surface area contributed by atoms with Crippen molar-refractivity contribution in [3.8, 4) is 0 Å². The molecule has 0 aliphatic heterocycles. The second kappa shape index (κ2) is 9.44. The molecule has 1 amide bonds. The Balaban J connectivity index is 1.81. The number of hydrogen-bond acceptors (Lipinski definition) is 5. The van der Waals surface area contributed by atoms with Gasteiger partial charge in [-0.2, -0.15) is 0 Å². The van der Waals surface area contributed by atoms with Gasteiger partial charge in [-0.25, -0.2) is 13.2 Å². The van der Waals surface area contributed by atoms with Crippen LogP contribution in [0.4, 0.5) is 11.4 Å². The number of carbonyl (C=O) groups excluding carboxylic acids is 2. The van der Waals surface area contributed by atoms with Gasteiger partial charge in [0.15, 0.2) is 0 Å². The van der Waals surface area contributed by atoms with Crippen molar-refractivity contribution >= 4 is 33.3 Å². The number of esters is 1. The van der Waals surface area contributed by atoms with Crippen molar-refractivity contribution in [1.82, 2.24) is 0 Å². The van der Waals surface area contributed by atoms with Crippen LogP contribution in [0.15, 0.2) is 77.7 Å². The lowest BCUT2D eigenvalue weighted by atomic mass is 10.1. The number of hydrogen-bond donors (Lipinski definition) is 2. The number of ether oxygens (including phenoxy) is 1. The molecule has 0 aromatic heterocycles. The van der Waals surface area contributed by atoms with E-state index in [4.69, 9.17) is 4.74 Å². The molecule has 2 N–H and O–H groups in total. The lowest BCUT2D eigenvalue weighted by Crippen LogP contribution is -2.16. The first-order valence-corrected chi connectivity index (χ1v) is 11.1. The van der Waals surface area contributed by atoms with E-state index in [0.717, 1.165) is 0 Å². The van der Waals surface area contributed by atoms with Gasteiger partial charge in [0, 0.05) is 11.3 Å². The first-order valence-electron chi connectivity index (χ1n) is 9.57. The van der Waals surface area contributed by atoms with Crippen LogP contribution >= 0.6 is 0 Å². The average molecular weight is 439 g/mol. The fraction of sp³-hybridized carbons (Fsp3) is 0.130. The van der Waals surface area contributed by atoms with Crippen LogP contribution in [0.2, 0.25) is 0 Å². The number of anilines is 2. The number of sulfonamides is 1. The van der Waals surface area contributed by atoms with Gasteiger partial charge in [0.05, 0.1) is 22.8 Å². The van der Waals surface area contributed by atoms with Crippen molar-refractivity contribution < 1.29 is 22.7 Å². The number of amides is 1. The highest BCUT2D eigenvalue weighted by atomic mass is 32.2. The van der Waals surface area contributed by atoms with E-state index in [1.165, 1.54) is 24.3 Å². The molecule has 0 spiro atoms. The number of rotatable bonds is 7. The van der Waals surface area contributed by atoms with E-state index in [0.29, 0.717) is 22.5 Å². The number of carbonyl (C=O) groups is 2. The third-order valence-corrected chi connectivity index (χ3v) is 5.81. The summed E-state index contributed by atoms with van der Waals surface area (Å²) >= 11 is 0. The second-order valence-corrected chi connectivity index (χ2v) is 8.39. The summed E-state index contributed by atoms with van der Waals surface area (Å²) < 4.78 is 32.7. The van der Waals surface area contributed by atoms with E-state index < -0.39 is 21.9 Å². The molecular formula is C23H22N2O5S. The van der Waals surface area contributed by atoms with Crippen molar-refractivity contribution in [2.75, 3.05) is 16.6 Å². The van der Waals surface area contributed by atoms with E-state index in [1.54, 1.807) is 62.4 Å². The van der Waals surface area contributed by atoms with Crippen LogP contribution < -0.4 is 10.0 Å². The molecule has 0 fully saturated rings. The van der Waals surface area contributed by atoms with Gasteiger partial charge in [0.2, 0.25) is 0 Å². The zero-order valence-electron chi connectivity index (χ0n) is 17.1. The quantitative estimate of drug-likeness (QED) is 0.538. The van der Waals surface area contributed by atoms with Crippen molar-refractivity contribution in [2.45, 2.75) is 18.7 Å². The summed E-state index contributed by atoms with van der Waals surface area (Å²) in [4.78, 5) is 24.7. The molecule has 0 aliphatic rings. The van der Waals surface area contributed by atoms with Gasteiger partial charge < -0.3 is 10.1 Å². The number of nitrogens with one attached hydrogen (secondary N) is 2. The molecule has 0 saturated carbocycles. The van der Waals surface area contributed by atoms with Gasteiger partial charge in [-0.15, -0.1) is 0 Å². The average Bonchev–Trinajstić information content (AvgIpc) is 2.76. The molecule has 0 aliphatic carbocycles. The fourth-order valence-electron chi connectivity index (χ4n) is 2.82. The summed E-state index contributed by atoms with van der Waals surface area (Å²) in [6, 6.07) is 19.1. The summed E-state index contributed by atoms with van der Waals surface area (Å²) in [5.74, 6) is -0.923. The Labute approximate surface area is 181 Å². The van der Waals surface area contributed by atoms with Crippen molar-refractivity contribution in [3.05, 3.63) is 89.5 Å². The summed E-state index contributed by atoms with van der Waals surface area (Å²) in [6.45, 7) is 3.71. The van der Waals surface area contributed by atoms with Crippen LogP contribution in [-0.4, -0.2) is 26.9 Å². The van der Waals surface area contributed by atoms with Crippen molar-refractivity contribution in [2.24, 2.45) is 0 Å². The fourth-order valence-corrected chi connectivity index (χ4v) is 3.96. The highest BCUT2D eigenvalue weighted by Gasteiger charge is 2.17. The lowest BCUT2D eigenvalue weighted by molar-refractivity contribution is 0.0526. The van der Waals surface area contributed by atoms with Gasteiger partial charge in [0.25, 0.3) is 15.9 Å². The van der Waals surface area contributed by atoms with Crippen LogP contribution in [-0.2, 0) is 14.8 Å². The van der Waals surface area contributed by atoms with Crippen molar-refractivity contribution in [3.63, 3.8) is 0 Å². The van der Waals surface area contributed by atoms with E-state index in [-0.39, 0.29) is 17.1 Å². The molecule has 0 heterocycles. The largest absolute Gasteiger partial charge is 0.462 e. The highest BCUT2D eigenvalue weighted by molar-refractivity contribution is 7.92. The monoisotopic (exact) mass is 438 g/mol. The molecule has 3 rings (SSSR count). The molecule has 0 unspecified atom stereocenters. The zero-order chi connectivity index (χ0) is 22.4. The lowest BCUT2D eigenvalue weighted by Gasteiger charge is -2.13. The Morgan fingerprint density at radius 3 is 2.35 bits per heavy atom. The SMILES string of the molecule is CCOC(=O)c1cccc(NC(=O)c2ccc(C)c(NS(=O)(=O)c3ccccc3)c2)c1. The molecule has 0 bridgehead atoms. The Bertz CT molecular complexity index is 1210. The van der Waals surface area contributed by atoms with Crippen LogP contribution in [0, 0.1) is 6.92 Å². The first kappa shape index (κ1) is 22.0. The predicted octanol–water partition coefficient (Wildman–Crippen LogP) is 4.22. The summed E-state index contributed by atoms with van der Waals surface area (Å²) in [6.07, 6.45) is 0. The van der Waals surface area contributed by atoms with E-state index >= 15 is 0 Å². The van der Waals surface area contributed by atoms with E-state index in [1.807, 2.05) is 0 Å². The Morgan fingerprint density at radius 1 is 0.903 bits per heavy atom. The molecule has 31 heavy (non-hydrogen) atoms. The summed E-state index contributed by atoms with van der Waals surface area (Å²) in [7, 11) is -3.79. The third-order valence-electron chi connectivity index (χ3n) is 4.43. The first-order chi connectivity index (χ1) is 14.8. The van der Waals surface area contributed by atoms with Crippen LogP contribution in [0.25, 0.3) is 0 Å². The number of aryl methyl sites for hydroxylation is 1. The number of benzene rings is 3. The molecule has 0 saturated heterocycles. The minimum Gasteiger partial charge on any atom is -0.462 e. The molecule has 8 heteroatoms. The Hall–Kier alpha value is -3.65. The minimum atomic E-state index is -3.79. The Morgan fingerprint density at radius 2 is 1.65 bits per heavy atom. The van der Waals surface area contributed by atoms with E-state index in [2.05, 4.69) is 10.0 Å². The van der Waals surface area contributed by atoms with Crippen LogP contribution in [0.5, 0.6) is 0 Å². The van der Waals surface area contributed by atoms with Crippen molar-refractivity contribution in [1.29, 1.82) is 0 Å². The molecule has 160 valence electrons. The molecule has 0 atom stereocenters. The van der Waals surface area contributed by atoms with Gasteiger partial charge in [0.1, 0.15) is 0 Å². The van der Waals surface area contributed by atoms with Gasteiger partial charge in [-0.1, -0.05) is 30.3 Å². The molecule has 3 aromatic rings. The molecule has 3 aromatic carbocycles. The summed E-state index contributed by atoms with van der Waals surface area (Å²) in [5, 5.41) is 2.71. The predicted molar refractivity (Wildman–Crippen MR) is 119 cm³/mol. The molecule has 0 radical (unpaired) electrons. The Kier molecular flexibility index (Phi) is 6.71. The zero-order valence-corrected chi connectivity index (χ0v) is 17.9. The van der Waals surface area contributed by atoms with Gasteiger partial charge in [-0.3, -0.25) is 9.52 Å². The molecular weight excluding hydrogens is 416 g/mol. The topological polar surface area (TPSA) is 102 Å². The maximum atomic E-state index is 12.7. The maximum absolute atomic E-state index is 12.7. The normalized spacial score (nSPS) is 10.9. The minimum absolute atomic E-state index is 0.125. The van der Waals surface area contributed by atoms with Crippen LogP contribution in [0.1, 0.15) is 33.2 Å².